The van der Waals surface area contributed by atoms with Gasteiger partial charge < -0.3 is 10.1 Å². The van der Waals surface area contributed by atoms with Crippen molar-refractivity contribution < 1.29 is 14.3 Å². The lowest BCUT2D eigenvalue weighted by atomic mass is 10.1. The highest BCUT2D eigenvalue weighted by molar-refractivity contribution is 8.01. The second-order valence-electron chi connectivity index (χ2n) is 4.27. The number of aromatic nitrogens is 2. The maximum absolute atomic E-state index is 12.1. The number of rotatable bonds is 7. The summed E-state index contributed by atoms with van der Waals surface area (Å²) in [4.78, 5) is 28.3. The van der Waals surface area contributed by atoms with E-state index in [0.29, 0.717) is 10.7 Å². The maximum Gasteiger partial charge on any atom is 0.333 e. The van der Waals surface area contributed by atoms with E-state index in [4.69, 9.17) is 4.74 Å². The zero-order valence-electron chi connectivity index (χ0n) is 12.5. The number of esters is 1. The van der Waals surface area contributed by atoms with Crippen LogP contribution in [0, 0.1) is 0 Å². The molecule has 1 aromatic heterocycles. The smallest absolute Gasteiger partial charge is 0.333 e. The Kier molecular flexibility index (Phi) is 6.87. The van der Waals surface area contributed by atoms with Crippen LogP contribution in [-0.2, 0) is 14.3 Å². The van der Waals surface area contributed by atoms with E-state index in [-0.39, 0.29) is 11.7 Å². The SMILES string of the molecule is COC(=O)C(NC(=O)CSc1nc(SC)ns1)c1ccccc1. The molecule has 1 N–H and O–H groups in total. The number of hydrogen-bond acceptors (Lipinski definition) is 8. The van der Waals surface area contributed by atoms with Gasteiger partial charge >= 0.3 is 5.97 Å². The van der Waals surface area contributed by atoms with Crippen LogP contribution in [-0.4, -0.2) is 40.4 Å². The highest BCUT2D eigenvalue weighted by atomic mass is 32.2. The summed E-state index contributed by atoms with van der Waals surface area (Å²) in [5.41, 5.74) is 0.679. The summed E-state index contributed by atoms with van der Waals surface area (Å²) >= 11 is 3.99. The molecule has 0 aliphatic heterocycles. The van der Waals surface area contributed by atoms with Gasteiger partial charge in [0, 0.05) is 0 Å². The van der Waals surface area contributed by atoms with Crippen LogP contribution in [0.15, 0.2) is 39.8 Å². The van der Waals surface area contributed by atoms with Gasteiger partial charge in [0.15, 0.2) is 10.4 Å². The van der Waals surface area contributed by atoms with Crippen LogP contribution in [0.3, 0.4) is 0 Å². The first-order valence-electron chi connectivity index (χ1n) is 6.56. The van der Waals surface area contributed by atoms with Crippen molar-refractivity contribution in [3.63, 3.8) is 0 Å². The minimum absolute atomic E-state index is 0.156. The van der Waals surface area contributed by atoms with Crippen LogP contribution in [0.2, 0.25) is 0 Å². The minimum Gasteiger partial charge on any atom is -0.467 e. The molecule has 0 fully saturated rings. The van der Waals surface area contributed by atoms with E-state index >= 15 is 0 Å². The first-order chi connectivity index (χ1) is 11.1. The van der Waals surface area contributed by atoms with Crippen molar-refractivity contribution in [1.29, 1.82) is 0 Å². The molecular weight excluding hydrogens is 354 g/mol. The Morgan fingerprint density at radius 1 is 1.35 bits per heavy atom. The Bertz CT molecular complexity index is 664. The summed E-state index contributed by atoms with van der Waals surface area (Å²) in [6.45, 7) is 0. The third-order valence-electron chi connectivity index (χ3n) is 2.77. The Morgan fingerprint density at radius 2 is 2.09 bits per heavy atom. The van der Waals surface area contributed by atoms with E-state index in [1.165, 1.54) is 42.2 Å². The van der Waals surface area contributed by atoms with Crippen LogP contribution in [0.25, 0.3) is 0 Å². The zero-order valence-corrected chi connectivity index (χ0v) is 15.0. The topological polar surface area (TPSA) is 81.2 Å². The summed E-state index contributed by atoms with van der Waals surface area (Å²) in [5, 5.41) is 3.38. The molecule has 2 aromatic rings. The van der Waals surface area contributed by atoms with E-state index < -0.39 is 12.0 Å². The van der Waals surface area contributed by atoms with Gasteiger partial charge in [0.1, 0.15) is 0 Å². The van der Waals surface area contributed by atoms with E-state index in [0.717, 1.165) is 4.34 Å². The summed E-state index contributed by atoms with van der Waals surface area (Å²) < 4.78 is 9.62. The number of nitrogens with zero attached hydrogens (tertiary/aromatic N) is 2. The monoisotopic (exact) mass is 369 g/mol. The number of nitrogens with one attached hydrogen (secondary N) is 1. The van der Waals surface area contributed by atoms with Gasteiger partial charge in [0.05, 0.1) is 12.9 Å². The number of methoxy groups -OCH3 is 1. The predicted octanol–water partition coefficient (Wildman–Crippen LogP) is 2.38. The van der Waals surface area contributed by atoms with Gasteiger partial charge in [-0.25, -0.2) is 9.78 Å². The molecule has 9 heteroatoms. The highest BCUT2D eigenvalue weighted by Gasteiger charge is 2.23. The number of thioether (sulfide) groups is 2. The number of hydrogen-bond donors (Lipinski definition) is 1. The Morgan fingerprint density at radius 3 is 2.70 bits per heavy atom. The lowest BCUT2D eigenvalue weighted by molar-refractivity contribution is -0.145. The quantitative estimate of drug-likeness (QED) is 0.593. The van der Waals surface area contributed by atoms with Crippen molar-refractivity contribution in [1.82, 2.24) is 14.7 Å². The van der Waals surface area contributed by atoms with Crippen molar-refractivity contribution in [3.05, 3.63) is 35.9 Å². The molecule has 0 saturated heterocycles. The van der Waals surface area contributed by atoms with Crippen LogP contribution >= 0.6 is 35.1 Å². The molecule has 23 heavy (non-hydrogen) atoms. The van der Waals surface area contributed by atoms with Crippen molar-refractivity contribution in [2.24, 2.45) is 0 Å². The lowest BCUT2D eigenvalue weighted by Crippen LogP contribution is -2.35. The molecule has 0 aliphatic rings. The van der Waals surface area contributed by atoms with Crippen LogP contribution in [0.4, 0.5) is 0 Å². The zero-order chi connectivity index (χ0) is 16.7. The lowest BCUT2D eigenvalue weighted by Gasteiger charge is -2.16. The standard InChI is InChI=1S/C14H15N3O3S3/c1-20-12(19)11(9-6-4-3-5-7-9)15-10(18)8-22-14-16-13(21-2)17-23-14/h3-7,11H,8H2,1-2H3,(H,15,18). The fourth-order valence-corrected chi connectivity index (χ4v) is 3.73. The maximum atomic E-state index is 12.1. The van der Waals surface area contributed by atoms with E-state index in [9.17, 15) is 9.59 Å². The van der Waals surface area contributed by atoms with Gasteiger partial charge in [-0.2, -0.15) is 4.37 Å². The third kappa shape index (κ3) is 5.22. The average Bonchev–Trinajstić information content (AvgIpc) is 3.06. The molecule has 2 rings (SSSR count). The number of benzene rings is 1. The third-order valence-corrected chi connectivity index (χ3v) is 5.27. The van der Waals surface area contributed by atoms with Crippen molar-refractivity contribution in [3.8, 4) is 0 Å². The molecule has 1 aromatic carbocycles. The molecule has 0 bridgehead atoms. The largest absolute Gasteiger partial charge is 0.467 e. The van der Waals surface area contributed by atoms with Crippen molar-refractivity contribution in [2.75, 3.05) is 19.1 Å². The summed E-state index contributed by atoms with van der Waals surface area (Å²) in [6.07, 6.45) is 1.89. The number of amides is 1. The normalized spacial score (nSPS) is 11.7. The molecule has 0 spiro atoms. The molecule has 1 heterocycles. The summed E-state index contributed by atoms with van der Waals surface area (Å²) in [7, 11) is 1.30. The van der Waals surface area contributed by atoms with Crippen LogP contribution in [0.5, 0.6) is 0 Å². The van der Waals surface area contributed by atoms with Crippen molar-refractivity contribution in [2.45, 2.75) is 15.5 Å². The Hall–Kier alpha value is -1.58. The molecule has 122 valence electrons. The molecule has 1 amide bonds. The van der Waals surface area contributed by atoms with Crippen LogP contribution in [0.1, 0.15) is 11.6 Å². The minimum atomic E-state index is -0.814. The molecule has 6 nitrogen and oxygen atoms in total. The molecule has 0 radical (unpaired) electrons. The number of carbonyl (C=O) groups is 2. The fourth-order valence-electron chi connectivity index (χ4n) is 1.71. The molecule has 1 atom stereocenters. The Balaban J connectivity index is 1.96. The van der Waals surface area contributed by atoms with E-state index in [1.807, 2.05) is 12.3 Å². The summed E-state index contributed by atoms with van der Waals surface area (Å²) in [6, 6.07) is 8.17. The Labute approximate surface area is 146 Å². The fraction of sp³-hybridized carbons (Fsp3) is 0.286. The second kappa shape index (κ2) is 8.90. The first kappa shape index (κ1) is 17.8. The van der Waals surface area contributed by atoms with Crippen molar-refractivity contribution >= 4 is 46.9 Å². The van der Waals surface area contributed by atoms with Crippen LogP contribution < -0.4 is 5.32 Å². The predicted molar refractivity (Wildman–Crippen MR) is 91.8 cm³/mol. The van der Waals surface area contributed by atoms with Gasteiger partial charge in [-0.15, -0.1) is 0 Å². The average molecular weight is 369 g/mol. The summed E-state index contributed by atoms with van der Waals surface area (Å²) in [5.74, 6) is -0.617. The molecule has 0 aliphatic carbocycles. The molecule has 0 saturated carbocycles. The van der Waals surface area contributed by atoms with Gasteiger partial charge in [0.25, 0.3) is 0 Å². The van der Waals surface area contributed by atoms with Gasteiger partial charge in [-0.1, -0.05) is 53.9 Å². The first-order valence-corrected chi connectivity index (χ1v) is 9.55. The molecule has 1 unspecified atom stereocenters. The van der Waals surface area contributed by atoms with Gasteiger partial charge in [-0.05, 0) is 23.4 Å². The van der Waals surface area contributed by atoms with Gasteiger partial charge in [-0.3, -0.25) is 4.79 Å². The molecular formula is C14H15N3O3S3. The number of carbonyl (C=O) groups excluding carboxylic acids is 2. The second-order valence-corrected chi connectivity index (χ2v) is 7.02. The van der Waals surface area contributed by atoms with E-state index in [2.05, 4.69) is 14.7 Å². The number of ether oxygens (including phenoxy) is 1. The van der Waals surface area contributed by atoms with E-state index in [1.54, 1.807) is 24.3 Å². The highest BCUT2D eigenvalue weighted by Crippen LogP contribution is 2.23. The van der Waals surface area contributed by atoms with Gasteiger partial charge in [0.2, 0.25) is 11.1 Å².